The molecule has 3 N–H and O–H groups in total. The van der Waals surface area contributed by atoms with Crippen LogP contribution in [0, 0.1) is 5.92 Å². The fourth-order valence-electron chi connectivity index (χ4n) is 6.36. The van der Waals surface area contributed by atoms with Crippen LogP contribution in [-0.4, -0.2) is 51.4 Å². The standard InChI is InChI=1S/C26H37N5O/c1-18-7-2-3-9-19(10-6-8-18)31-20-13-14-21(31)17-30(16-20)24-15-23(28-29-26(24)27)22-11-4-5-12-25(22)32/h4-5,11-12,15,18-21,32H,2-3,6-10,13-14,16-17H2,1H3,(H2,27,29). The van der Waals surface area contributed by atoms with Crippen molar-refractivity contribution in [3.63, 3.8) is 0 Å². The molecule has 1 aliphatic carbocycles. The van der Waals surface area contributed by atoms with Crippen molar-refractivity contribution in [3.8, 4) is 17.0 Å². The van der Waals surface area contributed by atoms with Gasteiger partial charge in [0.1, 0.15) is 5.75 Å². The second kappa shape index (κ2) is 9.26. The first-order chi connectivity index (χ1) is 15.6. The third-order valence-electron chi connectivity index (χ3n) is 8.00. The van der Waals surface area contributed by atoms with E-state index in [0.717, 1.165) is 30.7 Å². The van der Waals surface area contributed by atoms with Gasteiger partial charge in [0, 0.05) is 36.8 Å². The maximum absolute atomic E-state index is 10.3. The molecule has 2 bridgehead atoms. The molecule has 32 heavy (non-hydrogen) atoms. The number of anilines is 2. The number of para-hydroxylation sites is 1. The summed E-state index contributed by atoms with van der Waals surface area (Å²) in [6.45, 7) is 4.43. The summed E-state index contributed by atoms with van der Waals surface area (Å²) in [5.41, 5.74) is 8.63. The summed E-state index contributed by atoms with van der Waals surface area (Å²) in [6.07, 6.45) is 12.2. The van der Waals surface area contributed by atoms with Gasteiger partial charge in [-0.05, 0) is 49.8 Å². The number of benzene rings is 1. The summed E-state index contributed by atoms with van der Waals surface area (Å²) in [7, 11) is 0. The summed E-state index contributed by atoms with van der Waals surface area (Å²) >= 11 is 0. The van der Waals surface area contributed by atoms with Crippen molar-refractivity contribution in [2.45, 2.75) is 82.8 Å². The number of hydrogen-bond acceptors (Lipinski definition) is 6. The molecule has 0 amide bonds. The predicted molar refractivity (Wildman–Crippen MR) is 130 cm³/mol. The summed E-state index contributed by atoms with van der Waals surface area (Å²) < 4.78 is 0. The van der Waals surface area contributed by atoms with E-state index in [-0.39, 0.29) is 5.75 Å². The minimum atomic E-state index is 0.219. The highest BCUT2D eigenvalue weighted by molar-refractivity contribution is 5.74. The quantitative estimate of drug-likeness (QED) is 0.719. The maximum atomic E-state index is 10.3. The van der Waals surface area contributed by atoms with Crippen molar-refractivity contribution in [1.29, 1.82) is 0 Å². The number of nitrogen functional groups attached to an aromatic ring is 1. The van der Waals surface area contributed by atoms with Gasteiger partial charge in [0.05, 0.1) is 11.4 Å². The monoisotopic (exact) mass is 435 g/mol. The van der Waals surface area contributed by atoms with Crippen LogP contribution in [0.15, 0.2) is 30.3 Å². The number of nitrogens with zero attached hydrogens (tertiary/aromatic N) is 4. The van der Waals surface area contributed by atoms with Gasteiger partial charge in [-0.25, -0.2) is 0 Å². The van der Waals surface area contributed by atoms with Gasteiger partial charge in [0.25, 0.3) is 0 Å². The summed E-state index contributed by atoms with van der Waals surface area (Å²) in [6, 6.07) is 11.2. The molecule has 0 radical (unpaired) electrons. The van der Waals surface area contributed by atoms with Gasteiger partial charge in [0.15, 0.2) is 5.82 Å². The Morgan fingerprint density at radius 2 is 1.56 bits per heavy atom. The van der Waals surface area contributed by atoms with Crippen molar-refractivity contribution in [1.82, 2.24) is 15.1 Å². The van der Waals surface area contributed by atoms with Crippen LogP contribution in [0.3, 0.4) is 0 Å². The van der Waals surface area contributed by atoms with Crippen molar-refractivity contribution in [2.75, 3.05) is 23.7 Å². The lowest BCUT2D eigenvalue weighted by Gasteiger charge is -2.46. The van der Waals surface area contributed by atoms with E-state index >= 15 is 0 Å². The molecule has 3 heterocycles. The van der Waals surface area contributed by atoms with Crippen LogP contribution in [0.4, 0.5) is 11.5 Å². The molecule has 4 atom stereocenters. The molecule has 3 aliphatic rings. The van der Waals surface area contributed by atoms with Gasteiger partial charge >= 0.3 is 0 Å². The van der Waals surface area contributed by atoms with Gasteiger partial charge in [-0.15, -0.1) is 10.2 Å². The molecule has 3 fully saturated rings. The van der Waals surface area contributed by atoms with Crippen molar-refractivity contribution >= 4 is 11.5 Å². The normalized spacial score (nSPS) is 29.3. The van der Waals surface area contributed by atoms with Crippen LogP contribution in [0.25, 0.3) is 11.3 Å². The number of rotatable bonds is 3. The number of aromatic hydroxyl groups is 1. The molecule has 6 heteroatoms. The fraction of sp³-hybridized carbons (Fsp3) is 0.615. The third-order valence-corrected chi connectivity index (χ3v) is 8.00. The molecule has 4 unspecified atom stereocenters. The number of nitrogens with two attached hydrogens (primary N) is 1. The topological polar surface area (TPSA) is 78.5 Å². The number of phenols is 1. The highest BCUT2D eigenvalue weighted by Crippen LogP contribution is 2.39. The lowest BCUT2D eigenvalue weighted by molar-refractivity contribution is 0.0956. The van der Waals surface area contributed by atoms with E-state index in [1.165, 1.54) is 57.8 Å². The second-order valence-electron chi connectivity index (χ2n) is 10.2. The molecular weight excluding hydrogens is 398 g/mol. The molecule has 6 nitrogen and oxygen atoms in total. The molecule has 0 spiro atoms. The SMILES string of the molecule is CC1CCCCC(N2C3CCC2CN(c2cc(-c4ccccc4O)nnc2N)C3)CCC1. The molecular formula is C26H37N5O. The number of phenolic OH excluding ortho intramolecular Hbond substituents is 1. The van der Waals surface area contributed by atoms with E-state index in [0.29, 0.717) is 29.2 Å². The zero-order chi connectivity index (χ0) is 22.1. The predicted octanol–water partition coefficient (Wildman–Crippen LogP) is 4.83. The average Bonchev–Trinajstić information content (AvgIpc) is 3.10. The van der Waals surface area contributed by atoms with Crippen LogP contribution in [0.1, 0.15) is 64.7 Å². The Labute approximate surface area is 191 Å². The Hall–Kier alpha value is -2.34. The van der Waals surface area contributed by atoms with E-state index in [4.69, 9.17) is 5.73 Å². The minimum absolute atomic E-state index is 0.219. The Morgan fingerprint density at radius 1 is 0.875 bits per heavy atom. The van der Waals surface area contributed by atoms with E-state index in [2.05, 4.69) is 26.9 Å². The summed E-state index contributed by atoms with van der Waals surface area (Å²) in [5.74, 6) is 1.59. The van der Waals surface area contributed by atoms with Gasteiger partial charge in [-0.1, -0.05) is 51.2 Å². The van der Waals surface area contributed by atoms with E-state index in [1.807, 2.05) is 24.3 Å². The van der Waals surface area contributed by atoms with E-state index < -0.39 is 0 Å². The zero-order valence-corrected chi connectivity index (χ0v) is 19.3. The smallest absolute Gasteiger partial charge is 0.169 e. The number of piperazine rings is 1. The first kappa shape index (κ1) is 21.5. The number of aromatic nitrogens is 2. The van der Waals surface area contributed by atoms with Crippen LogP contribution < -0.4 is 10.6 Å². The van der Waals surface area contributed by atoms with Gasteiger partial charge in [-0.2, -0.15) is 0 Å². The molecule has 172 valence electrons. The molecule has 2 aromatic rings. The van der Waals surface area contributed by atoms with Gasteiger partial charge in [-0.3, -0.25) is 4.90 Å². The van der Waals surface area contributed by atoms with Crippen LogP contribution in [-0.2, 0) is 0 Å². The molecule has 5 rings (SSSR count). The van der Waals surface area contributed by atoms with Crippen molar-refractivity contribution in [3.05, 3.63) is 30.3 Å². The summed E-state index contributed by atoms with van der Waals surface area (Å²) in [4.78, 5) is 5.31. The maximum Gasteiger partial charge on any atom is 0.169 e. The molecule has 1 aromatic heterocycles. The second-order valence-corrected chi connectivity index (χ2v) is 10.2. The number of hydrogen-bond donors (Lipinski definition) is 2. The fourth-order valence-corrected chi connectivity index (χ4v) is 6.36. The molecule has 2 aliphatic heterocycles. The third kappa shape index (κ3) is 4.29. The van der Waals surface area contributed by atoms with Crippen molar-refractivity contribution < 1.29 is 5.11 Å². The average molecular weight is 436 g/mol. The van der Waals surface area contributed by atoms with Gasteiger partial charge < -0.3 is 15.7 Å². The summed E-state index contributed by atoms with van der Waals surface area (Å²) in [5, 5.41) is 18.8. The Morgan fingerprint density at radius 3 is 2.34 bits per heavy atom. The first-order valence-corrected chi connectivity index (χ1v) is 12.5. The van der Waals surface area contributed by atoms with Gasteiger partial charge in [0.2, 0.25) is 0 Å². The lowest BCUT2D eigenvalue weighted by atomic mass is 9.98. The Kier molecular flexibility index (Phi) is 6.22. The highest BCUT2D eigenvalue weighted by atomic mass is 16.3. The molecule has 2 saturated heterocycles. The minimum Gasteiger partial charge on any atom is -0.507 e. The Balaban J connectivity index is 1.34. The largest absolute Gasteiger partial charge is 0.507 e. The Bertz CT molecular complexity index is 920. The molecule has 1 aromatic carbocycles. The number of fused-ring (bicyclic) bond motifs is 2. The molecule has 1 saturated carbocycles. The van der Waals surface area contributed by atoms with E-state index in [9.17, 15) is 5.11 Å². The zero-order valence-electron chi connectivity index (χ0n) is 19.3. The highest BCUT2D eigenvalue weighted by Gasteiger charge is 2.43. The van der Waals surface area contributed by atoms with Crippen LogP contribution >= 0.6 is 0 Å². The van der Waals surface area contributed by atoms with Crippen LogP contribution in [0.2, 0.25) is 0 Å². The lowest BCUT2D eigenvalue weighted by Crippen LogP contribution is -2.57. The van der Waals surface area contributed by atoms with E-state index in [1.54, 1.807) is 6.07 Å². The van der Waals surface area contributed by atoms with Crippen molar-refractivity contribution in [2.24, 2.45) is 5.92 Å². The van der Waals surface area contributed by atoms with Crippen LogP contribution in [0.5, 0.6) is 5.75 Å². The first-order valence-electron chi connectivity index (χ1n) is 12.5.